The zero-order valence-corrected chi connectivity index (χ0v) is 15.0. The average molecular weight is 329 g/mol. The van der Waals surface area contributed by atoms with E-state index in [-0.39, 0.29) is 0 Å². The van der Waals surface area contributed by atoms with Crippen molar-refractivity contribution in [3.63, 3.8) is 0 Å². The number of hydrogen-bond donors (Lipinski definition) is 1. The third-order valence-electron chi connectivity index (χ3n) is 4.84. The number of hydrogen-bond acceptors (Lipinski definition) is 3. The number of fused-ring (bicyclic) bond motifs is 1. The minimum atomic E-state index is 0.902. The zero-order chi connectivity index (χ0) is 17.4. The van der Waals surface area contributed by atoms with Crippen LogP contribution in [-0.2, 0) is 6.42 Å². The van der Waals surface area contributed by atoms with Crippen LogP contribution in [0, 0.1) is 20.8 Å². The highest BCUT2D eigenvalue weighted by atomic mass is 15.2. The molecule has 0 bridgehead atoms. The van der Waals surface area contributed by atoms with E-state index in [1.165, 1.54) is 27.9 Å². The first kappa shape index (κ1) is 15.7. The Morgan fingerprint density at radius 1 is 0.880 bits per heavy atom. The van der Waals surface area contributed by atoms with Gasteiger partial charge in [-0.1, -0.05) is 35.4 Å². The Balaban J connectivity index is 1.68. The first-order valence-electron chi connectivity index (χ1n) is 8.78. The molecule has 25 heavy (non-hydrogen) atoms. The van der Waals surface area contributed by atoms with Gasteiger partial charge in [0.25, 0.3) is 0 Å². The van der Waals surface area contributed by atoms with Crippen molar-refractivity contribution in [1.29, 1.82) is 0 Å². The summed E-state index contributed by atoms with van der Waals surface area (Å²) < 4.78 is 0. The SMILES string of the molecule is Cc1ccc(Nc2cc(C)c3c(n2)N(c2ccc(C)cc2)CC3)cc1. The molecule has 126 valence electrons. The van der Waals surface area contributed by atoms with E-state index in [9.17, 15) is 0 Å². The van der Waals surface area contributed by atoms with Gasteiger partial charge in [-0.3, -0.25) is 0 Å². The summed E-state index contributed by atoms with van der Waals surface area (Å²) in [5.41, 5.74) is 7.47. The maximum Gasteiger partial charge on any atom is 0.138 e. The molecule has 4 rings (SSSR count). The molecule has 3 heteroatoms. The highest BCUT2D eigenvalue weighted by Gasteiger charge is 2.24. The number of pyridine rings is 1. The first-order valence-corrected chi connectivity index (χ1v) is 8.78. The summed E-state index contributed by atoms with van der Waals surface area (Å²) in [7, 11) is 0. The first-order chi connectivity index (χ1) is 12.1. The van der Waals surface area contributed by atoms with Crippen molar-refractivity contribution < 1.29 is 0 Å². The van der Waals surface area contributed by atoms with Crippen molar-refractivity contribution in [3.05, 3.63) is 76.9 Å². The summed E-state index contributed by atoms with van der Waals surface area (Å²) in [6.07, 6.45) is 1.05. The van der Waals surface area contributed by atoms with Gasteiger partial charge in [0.05, 0.1) is 0 Å². The minimum Gasteiger partial charge on any atom is -0.340 e. The summed E-state index contributed by atoms with van der Waals surface area (Å²) in [6, 6.07) is 19.3. The minimum absolute atomic E-state index is 0.902. The molecular formula is C22H23N3. The lowest BCUT2D eigenvalue weighted by Gasteiger charge is -2.20. The number of nitrogens with one attached hydrogen (secondary N) is 1. The second-order valence-electron chi connectivity index (χ2n) is 6.85. The molecule has 0 aliphatic carbocycles. The van der Waals surface area contributed by atoms with E-state index < -0.39 is 0 Å². The van der Waals surface area contributed by atoms with Gasteiger partial charge in [-0.2, -0.15) is 0 Å². The van der Waals surface area contributed by atoms with Crippen molar-refractivity contribution in [2.24, 2.45) is 0 Å². The molecule has 0 unspecified atom stereocenters. The van der Waals surface area contributed by atoms with Gasteiger partial charge in [0.2, 0.25) is 0 Å². The largest absolute Gasteiger partial charge is 0.340 e. The van der Waals surface area contributed by atoms with E-state index in [0.717, 1.165) is 30.3 Å². The van der Waals surface area contributed by atoms with E-state index in [1.54, 1.807) is 0 Å². The molecule has 0 atom stereocenters. The molecule has 1 N–H and O–H groups in total. The molecule has 2 aromatic carbocycles. The van der Waals surface area contributed by atoms with Crippen molar-refractivity contribution >= 4 is 23.0 Å². The summed E-state index contributed by atoms with van der Waals surface area (Å²) >= 11 is 0. The van der Waals surface area contributed by atoms with Crippen LogP contribution in [0.1, 0.15) is 22.3 Å². The molecule has 1 aliphatic rings. The van der Waals surface area contributed by atoms with Crippen LogP contribution in [0.2, 0.25) is 0 Å². The lowest BCUT2D eigenvalue weighted by molar-refractivity contribution is 0.987. The Kier molecular flexibility index (Phi) is 3.92. The molecule has 3 nitrogen and oxygen atoms in total. The summed E-state index contributed by atoms with van der Waals surface area (Å²) in [4.78, 5) is 7.25. The Morgan fingerprint density at radius 2 is 1.52 bits per heavy atom. The number of aromatic nitrogens is 1. The van der Waals surface area contributed by atoms with E-state index in [1.807, 2.05) is 0 Å². The molecule has 0 saturated carbocycles. The maximum absolute atomic E-state index is 4.93. The molecule has 2 heterocycles. The van der Waals surface area contributed by atoms with Crippen molar-refractivity contribution in [2.45, 2.75) is 27.2 Å². The van der Waals surface area contributed by atoms with Gasteiger partial charge < -0.3 is 10.2 Å². The molecule has 3 aromatic rings. The van der Waals surface area contributed by atoms with Crippen molar-refractivity contribution in [3.8, 4) is 0 Å². The van der Waals surface area contributed by atoms with Crippen LogP contribution >= 0.6 is 0 Å². The Morgan fingerprint density at radius 3 is 2.20 bits per heavy atom. The number of aryl methyl sites for hydroxylation is 3. The predicted molar refractivity (Wildman–Crippen MR) is 105 cm³/mol. The number of benzene rings is 2. The average Bonchev–Trinajstić information content (AvgIpc) is 3.02. The van der Waals surface area contributed by atoms with Crippen LogP contribution in [0.4, 0.5) is 23.0 Å². The zero-order valence-electron chi connectivity index (χ0n) is 15.0. The third kappa shape index (κ3) is 3.10. The van der Waals surface area contributed by atoms with E-state index in [4.69, 9.17) is 4.98 Å². The van der Waals surface area contributed by atoms with Gasteiger partial charge >= 0.3 is 0 Å². The van der Waals surface area contributed by atoms with Gasteiger partial charge in [0, 0.05) is 17.9 Å². The molecular weight excluding hydrogens is 306 g/mol. The quantitative estimate of drug-likeness (QED) is 0.693. The fraction of sp³-hybridized carbons (Fsp3) is 0.227. The fourth-order valence-electron chi connectivity index (χ4n) is 3.37. The van der Waals surface area contributed by atoms with Gasteiger partial charge in [-0.15, -0.1) is 0 Å². The monoisotopic (exact) mass is 329 g/mol. The Labute approximate surface area is 149 Å². The van der Waals surface area contributed by atoms with E-state index >= 15 is 0 Å². The second-order valence-corrected chi connectivity index (χ2v) is 6.85. The Bertz CT molecular complexity index is 896. The molecule has 0 saturated heterocycles. The molecule has 0 fully saturated rings. The predicted octanol–water partition coefficient (Wildman–Crippen LogP) is 5.44. The number of anilines is 4. The number of nitrogens with zero attached hydrogens (tertiary/aromatic N) is 2. The van der Waals surface area contributed by atoms with Crippen LogP contribution in [0.15, 0.2) is 54.6 Å². The van der Waals surface area contributed by atoms with Gasteiger partial charge in [0.1, 0.15) is 11.6 Å². The van der Waals surface area contributed by atoms with E-state index in [0.29, 0.717) is 0 Å². The lowest BCUT2D eigenvalue weighted by Crippen LogP contribution is -2.14. The topological polar surface area (TPSA) is 28.2 Å². The highest BCUT2D eigenvalue weighted by Crippen LogP contribution is 2.36. The van der Waals surface area contributed by atoms with Crippen LogP contribution in [0.5, 0.6) is 0 Å². The molecule has 0 spiro atoms. The van der Waals surface area contributed by atoms with Crippen molar-refractivity contribution in [2.75, 3.05) is 16.8 Å². The van der Waals surface area contributed by atoms with Gasteiger partial charge in [-0.05, 0) is 68.7 Å². The standard InChI is InChI=1S/C22H23N3/c1-15-4-8-18(9-5-15)23-21-14-17(3)20-12-13-25(22(20)24-21)19-10-6-16(2)7-11-19/h4-11,14H,12-13H2,1-3H3,(H,23,24). The maximum atomic E-state index is 4.93. The van der Waals surface area contributed by atoms with Gasteiger partial charge in [-0.25, -0.2) is 4.98 Å². The molecule has 1 aliphatic heterocycles. The lowest BCUT2D eigenvalue weighted by atomic mass is 10.1. The molecule has 1 aromatic heterocycles. The van der Waals surface area contributed by atoms with Crippen LogP contribution in [0.3, 0.4) is 0 Å². The summed E-state index contributed by atoms with van der Waals surface area (Å²) in [6.45, 7) is 7.38. The Hall–Kier alpha value is -2.81. The normalized spacial score (nSPS) is 13.0. The molecule has 0 amide bonds. The highest BCUT2D eigenvalue weighted by molar-refractivity contribution is 5.71. The smallest absolute Gasteiger partial charge is 0.138 e. The van der Waals surface area contributed by atoms with E-state index in [2.05, 4.69) is 85.6 Å². The second kappa shape index (κ2) is 6.25. The summed E-state index contributed by atoms with van der Waals surface area (Å²) in [5, 5.41) is 3.45. The van der Waals surface area contributed by atoms with Crippen molar-refractivity contribution in [1.82, 2.24) is 4.98 Å². The van der Waals surface area contributed by atoms with Crippen LogP contribution in [0.25, 0.3) is 0 Å². The van der Waals surface area contributed by atoms with Crippen LogP contribution in [-0.4, -0.2) is 11.5 Å². The van der Waals surface area contributed by atoms with Crippen LogP contribution < -0.4 is 10.2 Å². The fourth-order valence-corrected chi connectivity index (χ4v) is 3.37. The molecule has 0 radical (unpaired) electrons. The van der Waals surface area contributed by atoms with Gasteiger partial charge in [0.15, 0.2) is 0 Å². The summed E-state index contributed by atoms with van der Waals surface area (Å²) in [5.74, 6) is 1.98. The number of rotatable bonds is 3. The third-order valence-corrected chi connectivity index (χ3v) is 4.84.